The van der Waals surface area contributed by atoms with Crippen LogP contribution in [0, 0.1) is 5.92 Å². The summed E-state index contributed by atoms with van der Waals surface area (Å²) in [6.45, 7) is 4.20. The highest BCUT2D eigenvalue weighted by Crippen LogP contribution is 2.43. The van der Waals surface area contributed by atoms with Gasteiger partial charge in [0.2, 0.25) is 0 Å². The monoisotopic (exact) mass is 843 g/mol. The van der Waals surface area contributed by atoms with Crippen molar-refractivity contribution in [3.8, 4) is 0 Å². The largest absolute Gasteiger partial charge is 0.472 e. The average Bonchev–Trinajstić information content (AvgIpc) is 3.18. The fraction of sp³-hybridized carbons (Fsp3) is 0.783. The van der Waals surface area contributed by atoms with Crippen molar-refractivity contribution in [1.29, 1.82) is 0 Å². The minimum atomic E-state index is -4.64. The number of hydrogen-bond acceptors (Lipinski definition) is 10. The number of aliphatic hydroxyl groups is 3. The fourth-order valence-corrected chi connectivity index (χ4v) is 6.74. The Morgan fingerprint density at radius 3 is 1.50 bits per heavy atom. The molecule has 0 saturated heterocycles. The van der Waals surface area contributed by atoms with Crippen molar-refractivity contribution >= 4 is 19.8 Å². The van der Waals surface area contributed by atoms with E-state index < -0.39 is 51.8 Å². The van der Waals surface area contributed by atoms with E-state index in [0.717, 1.165) is 63.7 Å². The van der Waals surface area contributed by atoms with Crippen LogP contribution in [0.25, 0.3) is 0 Å². The van der Waals surface area contributed by atoms with Gasteiger partial charge in [0, 0.05) is 12.8 Å². The number of carbonyl (C=O) groups excluding carboxylic acids is 2. The molecule has 58 heavy (non-hydrogen) atoms. The summed E-state index contributed by atoms with van der Waals surface area (Å²) in [6, 6.07) is 0. The predicted octanol–water partition coefficient (Wildman–Crippen LogP) is 10.9. The first-order chi connectivity index (χ1) is 27.9. The summed E-state index contributed by atoms with van der Waals surface area (Å²) in [5.74, 6) is -0.186. The maximum Gasteiger partial charge on any atom is 0.472 e. The summed E-state index contributed by atoms with van der Waals surface area (Å²) in [6.07, 6.45) is 39.3. The number of carbonyl (C=O) groups is 2. The molecule has 0 aliphatic carbocycles. The summed E-state index contributed by atoms with van der Waals surface area (Å²) in [5, 5.41) is 27.6. The van der Waals surface area contributed by atoms with Crippen LogP contribution < -0.4 is 0 Å². The number of esters is 2. The lowest BCUT2D eigenvalue weighted by atomic mass is 10.0. The zero-order chi connectivity index (χ0) is 43.0. The van der Waals surface area contributed by atoms with E-state index in [0.29, 0.717) is 19.3 Å². The number of ether oxygens (including phenoxy) is 2. The standard InChI is InChI=1S/C46H83O11P/c1-41(2)33-29-25-21-17-13-9-7-8-11-15-19-23-27-31-35-45(50)54-39-44(40-56-58(52,53)55-38-43(49)37-47)57-46(51)36-32-28-24-20-16-12-6-4-5-10-14-18-22-26-30-34-42(3)48/h5-6,10,12,18,20,22,24,41-44,47-49H,4,7-9,11,13-17,19,21,23,25-40H2,1-3H3,(H,52,53)/b10-5-,12-6-,22-18-,24-20-/t42-,43-,44+/m0/s1. The number of rotatable bonds is 41. The van der Waals surface area contributed by atoms with E-state index in [1.54, 1.807) is 0 Å². The molecule has 0 amide bonds. The highest BCUT2D eigenvalue weighted by atomic mass is 31.2. The molecule has 11 nitrogen and oxygen atoms in total. The molecule has 0 saturated carbocycles. The quantitative estimate of drug-likeness (QED) is 0.0200. The summed E-state index contributed by atoms with van der Waals surface area (Å²) in [7, 11) is -4.64. The van der Waals surface area contributed by atoms with Gasteiger partial charge >= 0.3 is 19.8 Å². The molecule has 338 valence electrons. The third-order valence-corrected chi connectivity index (χ3v) is 10.4. The van der Waals surface area contributed by atoms with Crippen LogP contribution >= 0.6 is 7.82 Å². The van der Waals surface area contributed by atoms with Gasteiger partial charge in [0.05, 0.1) is 25.9 Å². The van der Waals surface area contributed by atoms with Crippen LogP contribution in [0.1, 0.15) is 181 Å². The van der Waals surface area contributed by atoms with Crippen LogP contribution in [-0.4, -0.2) is 76.9 Å². The summed E-state index contributed by atoms with van der Waals surface area (Å²) in [5.41, 5.74) is 0. The van der Waals surface area contributed by atoms with Crippen LogP contribution in [0.3, 0.4) is 0 Å². The average molecular weight is 843 g/mol. The smallest absolute Gasteiger partial charge is 0.462 e. The topological polar surface area (TPSA) is 169 Å². The van der Waals surface area contributed by atoms with Crippen molar-refractivity contribution in [3.05, 3.63) is 48.6 Å². The Hall–Kier alpha value is -2.11. The summed E-state index contributed by atoms with van der Waals surface area (Å²) >= 11 is 0. The maximum atomic E-state index is 12.6. The Balaban J connectivity index is 4.36. The third kappa shape index (κ3) is 42.0. The zero-order valence-corrected chi connectivity index (χ0v) is 37.4. The molecule has 0 rings (SSSR count). The minimum absolute atomic E-state index is 0.0963. The predicted molar refractivity (Wildman–Crippen MR) is 234 cm³/mol. The molecule has 12 heteroatoms. The van der Waals surface area contributed by atoms with E-state index in [1.165, 1.54) is 70.6 Å². The van der Waals surface area contributed by atoms with Crippen LogP contribution in [0.2, 0.25) is 0 Å². The molecule has 0 aromatic heterocycles. The second-order valence-corrected chi connectivity index (χ2v) is 17.3. The van der Waals surface area contributed by atoms with Crippen LogP contribution in [0.4, 0.5) is 0 Å². The van der Waals surface area contributed by atoms with Gasteiger partial charge in [0.15, 0.2) is 6.10 Å². The number of hydrogen-bond donors (Lipinski definition) is 4. The molecule has 0 bridgehead atoms. The van der Waals surface area contributed by atoms with Crippen molar-refractivity contribution in [3.63, 3.8) is 0 Å². The molecule has 0 aromatic carbocycles. The Bertz CT molecular complexity index is 1130. The van der Waals surface area contributed by atoms with E-state index in [2.05, 4.69) is 54.8 Å². The molecule has 0 aliphatic rings. The van der Waals surface area contributed by atoms with E-state index in [-0.39, 0.29) is 25.6 Å². The second-order valence-electron chi connectivity index (χ2n) is 15.8. The van der Waals surface area contributed by atoms with Gasteiger partial charge in [-0.2, -0.15) is 0 Å². The SMILES string of the molecule is CC(C)CCCCCCCCCCCCCCCCC(=O)OC[C@H](COP(=O)(O)OC[C@@H](O)CO)OC(=O)CCC/C=C\C/C=C\C/C=C\C/C=C\CCC[C@H](C)O. The first-order valence-electron chi connectivity index (χ1n) is 22.5. The highest BCUT2D eigenvalue weighted by Gasteiger charge is 2.27. The summed E-state index contributed by atoms with van der Waals surface area (Å²) in [4.78, 5) is 35.0. The Morgan fingerprint density at radius 1 is 0.552 bits per heavy atom. The number of unbranched alkanes of at least 4 members (excludes halogenated alkanes) is 15. The van der Waals surface area contributed by atoms with E-state index >= 15 is 0 Å². The van der Waals surface area contributed by atoms with Crippen molar-refractivity contribution < 1.29 is 52.9 Å². The van der Waals surface area contributed by atoms with Crippen molar-refractivity contribution in [2.45, 2.75) is 200 Å². The highest BCUT2D eigenvalue weighted by molar-refractivity contribution is 7.47. The molecule has 0 radical (unpaired) electrons. The Morgan fingerprint density at radius 2 is 1.00 bits per heavy atom. The van der Waals surface area contributed by atoms with Crippen LogP contribution in [-0.2, 0) is 32.7 Å². The number of aliphatic hydroxyl groups excluding tert-OH is 3. The van der Waals surface area contributed by atoms with Crippen molar-refractivity contribution in [2.24, 2.45) is 5.92 Å². The van der Waals surface area contributed by atoms with Gasteiger partial charge in [-0.15, -0.1) is 0 Å². The molecule has 4 atom stereocenters. The zero-order valence-electron chi connectivity index (χ0n) is 36.5. The first kappa shape index (κ1) is 55.9. The number of allylic oxidation sites excluding steroid dienone is 8. The molecular weight excluding hydrogens is 759 g/mol. The molecule has 1 unspecified atom stereocenters. The van der Waals surface area contributed by atoms with Crippen molar-refractivity contribution in [2.75, 3.05) is 26.4 Å². The normalized spacial score (nSPS) is 14.9. The van der Waals surface area contributed by atoms with Gasteiger partial charge in [0.1, 0.15) is 12.7 Å². The van der Waals surface area contributed by atoms with Crippen LogP contribution in [0.5, 0.6) is 0 Å². The third-order valence-electron chi connectivity index (χ3n) is 9.43. The van der Waals surface area contributed by atoms with Gasteiger partial charge in [-0.1, -0.05) is 152 Å². The number of phosphoric ester groups is 1. The fourth-order valence-electron chi connectivity index (χ4n) is 5.95. The Labute approximate surface area is 352 Å². The molecule has 4 N–H and O–H groups in total. The van der Waals surface area contributed by atoms with Gasteiger partial charge < -0.3 is 29.7 Å². The molecule has 0 heterocycles. The molecule has 0 aromatic rings. The van der Waals surface area contributed by atoms with Gasteiger partial charge in [-0.25, -0.2) is 4.57 Å². The lowest BCUT2D eigenvalue weighted by molar-refractivity contribution is -0.161. The van der Waals surface area contributed by atoms with E-state index in [4.69, 9.17) is 19.1 Å². The molecule has 0 spiro atoms. The minimum Gasteiger partial charge on any atom is -0.462 e. The first-order valence-corrected chi connectivity index (χ1v) is 24.0. The van der Waals surface area contributed by atoms with Gasteiger partial charge in [-0.05, 0) is 70.6 Å². The lowest BCUT2D eigenvalue weighted by Gasteiger charge is -2.20. The van der Waals surface area contributed by atoms with E-state index in [1.807, 2.05) is 19.1 Å². The lowest BCUT2D eigenvalue weighted by Crippen LogP contribution is -2.29. The Kier molecular flexibility index (Phi) is 38.8. The van der Waals surface area contributed by atoms with E-state index in [9.17, 15) is 29.3 Å². The van der Waals surface area contributed by atoms with Gasteiger partial charge in [-0.3, -0.25) is 18.6 Å². The van der Waals surface area contributed by atoms with Gasteiger partial charge in [0.25, 0.3) is 0 Å². The van der Waals surface area contributed by atoms with Crippen molar-refractivity contribution in [1.82, 2.24) is 0 Å². The molecular formula is C46H83O11P. The maximum absolute atomic E-state index is 12.6. The molecule has 0 fully saturated rings. The second kappa shape index (κ2) is 40.3. The van der Waals surface area contributed by atoms with Crippen LogP contribution in [0.15, 0.2) is 48.6 Å². The number of phosphoric acid groups is 1. The summed E-state index contributed by atoms with van der Waals surface area (Å²) < 4.78 is 32.7. The molecule has 0 aliphatic heterocycles.